The van der Waals surface area contributed by atoms with E-state index in [1.165, 1.54) is 12.4 Å². The molecule has 96 valence electrons. The Labute approximate surface area is 106 Å². The molecule has 0 amide bonds. The first-order valence-electron chi connectivity index (χ1n) is 5.08. The number of alkyl halides is 3. The van der Waals surface area contributed by atoms with E-state index >= 15 is 0 Å². The Kier molecular flexibility index (Phi) is 3.56. The third-order valence-corrected chi connectivity index (χ3v) is 2.50. The van der Waals surface area contributed by atoms with Crippen LogP contribution in [0.15, 0.2) is 28.9 Å². The highest BCUT2D eigenvalue weighted by Gasteiger charge is 2.27. The van der Waals surface area contributed by atoms with E-state index in [0.717, 1.165) is 0 Å². The molecule has 0 atom stereocenters. The minimum atomic E-state index is -4.22. The second-order valence-corrected chi connectivity index (χ2v) is 3.93. The van der Waals surface area contributed by atoms with Crippen LogP contribution < -0.4 is 0 Å². The molecule has 0 aliphatic carbocycles. The highest BCUT2D eigenvalue weighted by Crippen LogP contribution is 2.28. The highest BCUT2D eigenvalue weighted by molar-refractivity contribution is 6.31. The first-order chi connectivity index (χ1) is 8.46. The van der Waals surface area contributed by atoms with Crippen LogP contribution in [-0.4, -0.2) is 16.1 Å². The average Bonchev–Trinajstić information content (AvgIpc) is 2.75. The van der Waals surface area contributed by atoms with E-state index in [9.17, 15) is 13.2 Å². The van der Waals surface area contributed by atoms with Gasteiger partial charge < -0.3 is 4.42 Å². The summed E-state index contributed by atoms with van der Waals surface area (Å²) in [6.45, 7) is 0. The van der Waals surface area contributed by atoms with Gasteiger partial charge in [0.05, 0.1) is 18.2 Å². The molecule has 0 unspecified atom stereocenters. The summed E-state index contributed by atoms with van der Waals surface area (Å²) in [5, 5.41) is 0.219. The van der Waals surface area contributed by atoms with E-state index in [-0.39, 0.29) is 17.5 Å². The lowest BCUT2D eigenvalue weighted by Crippen LogP contribution is -2.08. The number of hydrogen-bond acceptors (Lipinski definition) is 3. The van der Waals surface area contributed by atoms with Crippen molar-refractivity contribution in [2.24, 2.45) is 0 Å². The van der Waals surface area contributed by atoms with Crippen molar-refractivity contribution in [2.45, 2.75) is 19.0 Å². The van der Waals surface area contributed by atoms with Gasteiger partial charge in [-0.25, -0.2) is 9.97 Å². The quantitative estimate of drug-likeness (QED) is 0.799. The Hall–Kier alpha value is -1.56. The van der Waals surface area contributed by atoms with Gasteiger partial charge >= 0.3 is 6.18 Å². The minimum Gasteiger partial charge on any atom is -0.441 e. The number of halogens is 4. The van der Waals surface area contributed by atoms with Gasteiger partial charge in [-0.15, -0.1) is 0 Å². The molecule has 2 heterocycles. The normalized spacial score (nSPS) is 11.8. The summed E-state index contributed by atoms with van der Waals surface area (Å²) in [7, 11) is 0. The predicted molar refractivity (Wildman–Crippen MR) is 59.1 cm³/mol. The van der Waals surface area contributed by atoms with E-state index in [4.69, 9.17) is 16.0 Å². The smallest absolute Gasteiger partial charge is 0.389 e. The second kappa shape index (κ2) is 4.97. The van der Waals surface area contributed by atoms with Crippen molar-refractivity contribution in [3.8, 4) is 11.3 Å². The summed E-state index contributed by atoms with van der Waals surface area (Å²) in [4.78, 5) is 7.63. The molecule has 0 saturated heterocycles. The highest BCUT2D eigenvalue weighted by atomic mass is 35.5. The molecule has 0 aromatic carbocycles. The molecular formula is C11H8ClF3N2O. The summed E-state index contributed by atoms with van der Waals surface area (Å²) in [6, 6.07) is 3.31. The first-order valence-corrected chi connectivity index (χ1v) is 5.46. The number of aromatic nitrogens is 2. The lowest BCUT2D eigenvalue weighted by atomic mass is 10.2. The third kappa shape index (κ3) is 3.22. The largest absolute Gasteiger partial charge is 0.441 e. The van der Waals surface area contributed by atoms with Crippen LogP contribution in [0.25, 0.3) is 11.3 Å². The van der Waals surface area contributed by atoms with Crippen LogP contribution in [0.2, 0.25) is 5.15 Å². The van der Waals surface area contributed by atoms with Crippen molar-refractivity contribution >= 4 is 11.6 Å². The number of aryl methyl sites for hydroxylation is 1. The molecule has 0 N–H and O–H groups in total. The summed E-state index contributed by atoms with van der Waals surface area (Å²) >= 11 is 5.84. The molecule has 18 heavy (non-hydrogen) atoms. The summed E-state index contributed by atoms with van der Waals surface area (Å²) in [5.74, 6) is 0.340. The van der Waals surface area contributed by atoms with Gasteiger partial charge in [-0.05, 0) is 12.1 Å². The molecule has 2 rings (SSSR count). The Bertz CT molecular complexity index is 539. The Morgan fingerprint density at radius 2 is 2.06 bits per heavy atom. The van der Waals surface area contributed by atoms with E-state index < -0.39 is 12.6 Å². The minimum absolute atomic E-state index is 0.0299. The maximum Gasteiger partial charge on any atom is 0.389 e. The molecule has 2 aromatic heterocycles. The van der Waals surface area contributed by atoms with E-state index in [1.54, 1.807) is 12.1 Å². The van der Waals surface area contributed by atoms with Gasteiger partial charge in [0.2, 0.25) is 0 Å². The maximum atomic E-state index is 12.0. The van der Waals surface area contributed by atoms with Gasteiger partial charge in [0.15, 0.2) is 11.7 Å². The summed E-state index contributed by atoms with van der Waals surface area (Å²) < 4.78 is 41.3. The zero-order valence-electron chi connectivity index (χ0n) is 9.04. The van der Waals surface area contributed by atoms with Gasteiger partial charge in [-0.1, -0.05) is 11.6 Å². The maximum absolute atomic E-state index is 12.0. The van der Waals surface area contributed by atoms with Crippen molar-refractivity contribution < 1.29 is 17.6 Å². The van der Waals surface area contributed by atoms with Crippen LogP contribution in [0.1, 0.15) is 12.3 Å². The lowest BCUT2D eigenvalue weighted by Gasteiger charge is -2.02. The number of hydrogen-bond donors (Lipinski definition) is 0. The fraction of sp³-hybridized carbons (Fsp3) is 0.273. The van der Waals surface area contributed by atoms with Crippen molar-refractivity contribution in [2.75, 3.05) is 0 Å². The standard InChI is InChI=1S/C11H8ClF3N2O/c12-10-7(2-1-5-16-10)8-6-17-9(18-8)3-4-11(13,14)15/h1-2,5-6H,3-4H2. The third-order valence-electron chi connectivity index (χ3n) is 2.20. The van der Waals surface area contributed by atoms with Crippen LogP contribution in [0.5, 0.6) is 0 Å². The second-order valence-electron chi connectivity index (χ2n) is 3.58. The topological polar surface area (TPSA) is 38.9 Å². The number of oxazole rings is 1. The molecule has 3 nitrogen and oxygen atoms in total. The van der Waals surface area contributed by atoms with Crippen LogP contribution >= 0.6 is 11.6 Å². The van der Waals surface area contributed by atoms with Gasteiger partial charge in [0.25, 0.3) is 0 Å². The van der Waals surface area contributed by atoms with Crippen molar-refractivity contribution in [1.29, 1.82) is 0 Å². The lowest BCUT2D eigenvalue weighted by molar-refractivity contribution is -0.134. The monoisotopic (exact) mass is 276 g/mol. The van der Waals surface area contributed by atoms with Gasteiger partial charge in [-0.2, -0.15) is 13.2 Å². The molecule has 7 heteroatoms. The zero-order chi connectivity index (χ0) is 13.2. The number of pyridine rings is 1. The molecule has 0 bridgehead atoms. The molecule has 0 saturated carbocycles. The zero-order valence-corrected chi connectivity index (χ0v) is 9.79. The van der Waals surface area contributed by atoms with Crippen molar-refractivity contribution in [3.05, 3.63) is 35.6 Å². The van der Waals surface area contributed by atoms with Gasteiger partial charge in [0.1, 0.15) is 5.15 Å². The summed E-state index contributed by atoms with van der Waals surface area (Å²) in [6.07, 6.45) is -2.63. The van der Waals surface area contributed by atoms with Crippen molar-refractivity contribution in [3.63, 3.8) is 0 Å². The van der Waals surface area contributed by atoms with Crippen molar-refractivity contribution in [1.82, 2.24) is 9.97 Å². The van der Waals surface area contributed by atoms with E-state index in [1.807, 2.05) is 0 Å². The number of rotatable bonds is 3. The average molecular weight is 277 g/mol. The van der Waals surface area contributed by atoms with E-state index in [0.29, 0.717) is 11.3 Å². The molecule has 0 spiro atoms. The molecule has 0 radical (unpaired) electrons. The van der Waals surface area contributed by atoms with Crippen LogP contribution in [-0.2, 0) is 6.42 Å². The SMILES string of the molecule is FC(F)(F)CCc1ncc(-c2cccnc2Cl)o1. The fourth-order valence-corrected chi connectivity index (χ4v) is 1.58. The van der Waals surface area contributed by atoms with Gasteiger partial charge in [0, 0.05) is 12.6 Å². The molecular weight excluding hydrogens is 269 g/mol. The Morgan fingerprint density at radius 3 is 2.72 bits per heavy atom. The van der Waals surface area contributed by atoms with Crippen LogP contribution in [0.4, 0.5) is 13.2 Å². The van der Waals surface area contributed by atoms with E-state index in [2.05, 4.69) is 9.97 Å². The molecule has 0 fully saturated rings. The molecule has 0 aliphatic rings. The molecule has 2 aromatic rings. The predicted octanol–water partition coefficient (Wildman–Crippen LogP) is 3.88. The fourth-order valence-electron chi connectivity index (χ4n) is 1.37. The Balaban J connectivity index is 2.14. The number of nitrogens with zero attached hydrogens (tertiary/aromatic N) is 2. The van der Waals surface area contributed by atoms with Crippen LogP contribution in [0.3, 0.4) is 0 Å². The Morgan fingerprint density at radius 1 is 1.28 bits per heavy atom. The molecule has 0 aliphatic heterocycles. The summed E-state index contributed by atoms with van der Waals surface area (Å²) in [5.41, 5.74) is 0.505. The first kappa shape index (κ1) is 12.9. The van der Waals surface area contributed by atoms with Gasteiger partial charge in [-0.3, -0.25) is 0 Å². The van der Waals surface area contributed by atoms with Crippen LogP contribution in [0, 0.1) is 0 Å².